The van der Waals surface area contributed by atoms with Crippen molar-refractivity contribution in [3.05, 3.63) is 42.7 Å². The van der Waals surface area contributed by atoms with E-state index in [0.717, 1.165) is 0 Å². The van der Waals surface area contributed by atoms with E-state index in [1.807, 2.05) is 0 Å². The number of phosphoric ester groups is 1. The number of aliphatic hydroxyl groups excluding tert-OH is 4. The largest absolute Gasteiger partial charge is 0.476 e. The Hall–Kier alpha value is -2.67. The minimum Gasteiger partial charge on any atom is -0.443 e. The molecule has 0 bridgehead atoms. The Kier molecular flexibility index (Phi) is 9.38. The Morgan fingerprint density at radius 1 is 1.14 bits per heavy atom. The molecule has 237 valence electrons. The number of anilines is 1. The summed E-state index contributed by atoms with van der Waals surface area (Å²) in [5.41, 5.74) is 6.59. The Morgan fingerprint density at radius 2 is 1.89 bits per heavy atom. The summed E-state index contributed by atoms with van der Waals surface area (Å²) in [4.78, 5) is 33.8. The van der Waals surface area contributed by atoms with Crippen LogP contribution < -0.4 is 10.3 Å². The van der Waals surface area contributed by atoms with Crippen LogP contribution in [-0.4, -0.2) is 102 Å². The highest BCUT2D eigenvalue weighted by Gasteiger charge is 2.48. The summed E-state index contributed by atoms with van der Waals surface area (Å²) in [6, 6.07) is 2.52. The molecule has 2 fully saturated rings. The molecule has 0 spiro atoms. The van der Waals surface area contributed by atoms with E-state index in [9.17, 15) is 39.2 Å². The molecule has 21 heteroatoms. The molecule has 0 amide bonds. The van der Waals surface area contributed by atoms with Gasteiger partial charge in [-0.3, -0.25) is 13.9 Å². The van der Waals surface area contributed by atoms with Crippen molar-refractivity contribution in [2.24, 2.45) is 5.92 Å². The number of Topliss-reactive ketones (excluding diaryl/α,β-unsaturated/α-hetero) is 1. The number of fused-ring (bicyclic) bond motifs is 1. The zero-order valence-corrected chi connectivity index (χ0v) is 24.9. The fraction of sp³-hybridized carbons (Fsp3) is 0.522. The molecule has 3 radical (unpaired) electrons. The lowest BCUT2D eigenvalue weighted by atomic mass is 10.1. The molecule has 5 rings (SSSR count). The summed E-state index contributed by atoms with van der Waals surface area (Å²) in [7, 11) is -4.48. The topological polar surface area (TPSA) is 263 Å². The molecule has 0 aromatic carbocycles. The van der Waals surface area contributed by atoms with Gasteiger partial charge in [0.15, 0.2) is 41.9 Å². The molecule has 3 aromatic rings. The normalized spacial score (nSPS) is 31.6. The van der Waals surface area contributed by atoms with E-state index < -0.39 is 77.2 Å². The van der Waals surface area contributed by atoms with E-state index in [2.05, 4.69) is 19.3 Å². The number of hydrogen-bond acceptors (Lipinski definition) is 15. The van der Waals surface area contributed by atoms with Gasteiger partial charge in [0.1, 0.15) is 36.3 Å². The highest BCUT2D eigenvalue weighted by atomic mass is 31.3. The first-order chi connectivity index (χ1) is 20.7. The van der Waals surface area contributed by atoms with Crippen LogP contribution in [0.1, 0.15) is 36.0 Å². The lowest BCUT2D eigenvalue weighted by molar-refractivity contribution is -0.728. The van der Waals surface area contributed by atoms with Crippen molar-refractivity contribution in [3.63, 3.8) is 0 Å². The molecular weight excluding hydrogens is 625 g/mol. The molecule has 7 N–H and O–H groups in total. The number of carbonyl (C=O) groups is 1. The summed E-state index contributed by atoms with van der Waals surface area (Å²) in [5.74, 6) is -0.974. The van der Waals surface area contributed by atoms with E-state index in [4.69, 9.17) is 27.1 Å². The first kappa shape index (κ1) is 32.7. The lowest BCUT2D eigenvalue weighted by Crippen LogP contribution is -2.45. The maximum atomic E-state index is 12.7. The molecule has 1 aliphatic carbocycles. The lowest BCUT2D eigenvalue weighted by Gasteiger charge is -2.29. The predicted octanol–water partition coefficient (Wildman–Crippen LogP) is -1.07. The second-order valence-electron chi connectivity index (χ2n) is 10.5. The van der Waals surface area contributed by atoms with Crippen molar-refractivity contribution in [1.82, 2.24) is 19.5 Å². The van der Waals surface area contributed by atoms with Gasteiger partial charge < -0.3 is 52.4 Å². The van der Waals surface area contributed by atoms with Gasteiger partial charge in [-0.2, -0.15) is 4.57 Å². The minimum atomic E-state index is -5.15. The van der Waals surface area contributed by atoms with Crippen molar-refractivity contribution < 1.29 is 61.9 Å². The summed E-state index contributed by atoms with van der Waals surface area (Å²) in [6.45, 7) is 0.0480. The van der Waals surface area contributed by atoms with Crippen molar-refractivity contribution in [3.8, 4) is 0 Å². The van der Waals surface area contributed by atoms with Crippen LogP contribution in [0.4, 0.5) is 5.82 Å². The average Bonchev–Trinajstić information content (AvgIpc) is 3.61. The number of nitrogens with zero attached hydrogens (tertiary/aromatic N) is 5. The second-order valence-corrected chi connectivity index (χ2v) is 13.6. The number of ether oxygens (including phenoxy) is 1. The Morgan fingerprint density at radius 3 is 2.61 bits per heavy atom. The molecule has 10 unspecified atom stereocenters. The number of carbonyl (C=O) groups excluding carboxylic acids is 1. The molecule has 1 saturated carbocycles. The molecule has 10 atom stereocenters. The number of nitrogens with two attached hydrogens (primary N) is 1. The van der Waals surface area contributed by atoms with Gasteiger partial charge in [0, 0.05) is 18.4 Å². The maximum absolute atomic E-state index is 12.7. The zero-order valence-electron chi connectivity index (χ0n) is 23.1. The van der Waals surface area contributed by atoms with Crippen LogP contribution in [0, 0.1) is 5.92 Å². The fourth-order valence-electron chi connectivity index (χ4n) is 5.18. The van der Waals surface area contributed by atoms with Gasteiger partial charge >= 0.3 is 7.82 Å². The smallest absolute Gasteiger partial charge is 0.443 e. The Bertz CT molecular complexity index is 1630. The second kappa shape index (κ2) is 12.6. The molecule has 4 heterocycles. The monoisotopic (exact) mass is 655 g/mol. The molecule has 1 saturated heterocycles. The molecule has 2 aliphatic rings. The Labute approximate surface area is 250 Å². The van der Waals surface area contributed by atoms with Gasteiger partial charge in [0.05, 0.1) is 38.7 Å². The molecule has 18 nitrogen and oxygen atoms in total. The van der Waals surface area contributed by atoms with E-state index in [0.29, 0.717) is 5.56 Å². The van der Waals surface area contributed by atoms with Gasteiger partial charge in [0.25, 0.3) is 0 Å². The first-order valence-corrected chi connectivity index (χ1v) is 16.3. The summed E-state index contributed by atoms with van der Waals surface area (Å²) < 4.78 is 48.2. The van der Waals surface area contributed by atoms with E-state index in [1.54, 1.807) is 22.9 Å². The number of imidazole rings is 1. The quantitative estimate of drug-likeness (QED) is 0.0621. The van der Waals surface area contributed by atoms with Gasteiger partial charge in [0.2, 0.25) is 0 Å². The standard InChI is InChI=1S/C23H29BN6O12P2/c1-11(31)12-3-2-4-29(6-12)14-5-13(17(32)18(14)33)7-40-44(37,38)42-43(24,36)39-8-15-19(34)20(35)23(41-15)30-10-28-16-21(25)26-9-27-22(16)30/h2-4,6,9-10,13-15,17-20,23,32-35H,5,7-8H2,1H3,(H2-,25,26,27,37,38)/q-1/p+1. The van der Waals surface area contributed by atoms with Gasteiger partial charge in [-0.25, -0.2) is 23.8 Å². The van der Waals surface area contributed by atoms with Crippen LogP contribution in [-0.2, 0) is 27.2 Å². The first-order valence-electron chi connectivity index (χ1n) is 13.2. The van der Waals surface area contributed by atoms with Crippen LogP contribution in [0.3, 0.4) is 0 Å². The van der Waals surface area contributed by atoms with Crippen LogP contribution >= 0.6 is 15.3 Å². The van der Waals surface area contributed by atoms with Crippen molar-refractivity contribution in [2.45, 2.75) is 56.1 Å². The predicted molar refractivity (Wildman–Crippen MR) is 148 cm³/mol. The van der Waals surface area contributed by atoms with Crippen LogP contribution in [0.25, 0.3) is 11.2 Å². The van der Waals surface area contributed by atoms with Crippen LogP contribution in [0.5, 0.6) is 0 Å². The van der Waals surface area contributed by atoms with Crippen LogP contribution in [0.15, 0.2) is 37.2 Å². The molecule has 1 aliphatic heterocycles. The van der Waals surface area contributed by atoms with E-state index in [1.165, 1.54) is 30.3 Å². The number of pyridine rings is 1. The summed E-state index contributed by atoms with van der Waals surface area (Å²) >= 11 is 0. The number of aliphatic hydroxyl groups is 4. The Balaban J connectivity index is 1.16. The number of phosphoric acid groups is 1. The number of aromatic nitrogens is 5. The van der Waals surface area contributed by atoms with Gasteiger partial charge in [-0.05, 0) is 13.0 Å². The third-order valence-electron chi connectivity index (χ3n) is 7.47. The fourth-order valence-corrected chi connectivity index (χ4v) is 7.44. The van der Waals surface area contributed by atoms with E-state index >= 15 is 0 Å². The molecule has 3 aromatic heterocycles. The summed E-state index contributed by atoms with van der Waals surface area (Å²) in [5, 5.41) is 42.1. The number of hydrogen-bond donors (Lipinski definition) is 6. The zero-order chi connectivity index (χ0) is 32.0. The highest BCUT2D eigenvalue weighted by Crippen LogP contribution is 2.60. The third-order valence-corrected chi connectivity index (χ3v) is 10.2. The van der Waals surface area contributed by atoms with Crippen molar-refractivity contribution >= 4 is 45.6 Å². The van der Waals surface area contributed by atoms with Gasteiger partial charge in [-0.1, -0.05) is 0 Å². The highest BCUT2D eigenvalue weighted by molar-refractivity contribution is 7.83. The van der Waals surface area contributed by atoms with E-state index in [-0.39, 0.29) is 29.2 Å². The van der Waals surface area contributed by atoms with Crippen LogP contribution in [0.2, 0.25) is 0 Å². The van der Waals surface area contributed by atoms with Gasteiger partial charge in [-0.15, -0.1) is 0 Å². The van der Waals surface area contributed by atoms with Crippen molar-refractivity contribution in [1.29, 1.82) is 0 Å². The number of ketones is 1. The molecular formula is C23H30BN6O12P2. The van der Waals surface area contributed by atoms with Crippen molar-refractivity contribution in [2.75, 3.05) is 18.9 Å². The minimum absolute atomic E-state index is 0.0790. The molecule has 44 heavy (non-hydrogen) atoms. The SMILES string of the molecule is [B-]P(=O)(OCC1OC(n2cnc3c(N)ncnc32)C(O)C1O)OP(=O)(O)OCC1CC([n+]2cccc(C(C)=O)c2)C(O)C1O. The maximum Gasteiger partial charge on any atom is 0.476 e. The summed E-state index contributed by atoms with van der Waals surface area (Å²) in [6.07, 6.45) is -2.65. The number of rotatable bonds is 11. The average molecular weight is 655 g/mol. The number of nitrogen functional groups attached to an aromatic ring is 1. The third kappa shape index (κ3) is 6.78.